The molecule has 0 aromatic heterocycles. The number of hydrogen-bond donors (Lipinski definition) is 1. The minimum absolute atomic E-state index is 0. The van der Waals surface area contributed by atoms with Gasteiger partial charge in [-0.15, -0.1) is 24.8 Å². The van der Waals surface area contributed by atoms with E-state index in [-0.39, 0.29) is 42.7 Å². The minimum Gasteiger partial charge on any atom is -0.469 e. The highest BCUT2D eigenvalue weighted by Crippen LogP contribution is 2.14. The van der Waals surface area contributed by atoms with E-state index in [0.717, 1.165) is 13.1 Å². The topological polar surface area (TPSA) is 41.6 Å². The predicted molar refractivity (Wildman–Crippen MR) is 60.3 cm³/mol. The monoisotopic (exact) mass is 244 g/mol. The fourth-order valence-corrected chi connectivity index (χ4v) is 1.60. The van der Waals surface area contributed by atoms with Crippen molar-refractivity contribution in [3.63, 3.8) is 0 Å². The third-order valence-electron chi connectivity index (χ3n) is 2.35. The van der Waals surface area contributed by atoms with E-state index >= 15 is 0 Å². The number of carbonyl (C=O) groups excluding carboxylic acids is 1. The minimum atomic E-state index is -0.112. The Morgan fingerprint density at radius 3 is 2.36 bits per heavy atom. The molecule has 1 fully saturated rings. The highest BCUT2D eigenvalue weighted by atomic mass is 35.5. The van der Waals surface area contributed by atoms with Crippen molar-refractivity contribution in [3.8, 4) is 0 Å². The molecule has 0 radical (unpaired) electrons. The Bertz CT molecular complexity index is 179. The highest BCUT2D eigenvalue weighted by molar-refractivity contribution is 5.85. The standard InChI is InChI=1S/C8H16N2O2.2ClH/c1-10(2)7-5-9-4-6(7)8(11)12-3;;/h6-7,9H,4-5H2,1-3H3;2*1H/t6-,7-;;/m1../s1. The Balaban J connectivity index is 0. The van der Waals surface area contributed by atoms with E-state index in [4.69, 9.17) is 4.74 Å². The fourth-order valence-electron chi connectivity index (χ4n) is 1.60. The Labute approximate surface area is 97.2 Å². The maximum Gasteiger partial charge on any atom is 0.311 e. The molecule has 0 amide bonds. The average molecular weight is 245 g/mol. The van der Waals surface area contributed by atoms with Crippen LogP contribution in [-0.4, -0.2) is 51.2 Å². The first-order chi connectivity index (χ1) is 5.66. The van der Waals surface area contributed by atoms with Gasteiger partial charge in [0.25, 0.3) is 0 Å². The molecule has 1 heterocycles. The summed E-state index contributed by atoms with van der Waals surface area (Å²) in [5.74, 6) is -0.122. The molecule has 4 nitrogen and oxygen atoms in total. The lowest BCUT2D eigenvalue weighted by molar-refractivity contribution is -0.146. The van der Waals surface area contributed by atoms with E-state index < -0.39 is 0 Å². The number of nitrogens with zero attached hydrogens (tertiary/aromatic N) is 1. The molecule has 0 saturated carbocycles. The molecule has 0 spiro atoms. The lowest BCUT2D eigenvalue weighted by Crippen LogP contribution is -2.38. The second-order valence-corrected chi connectivity index (χ2v) is 3.32. The largest absolute Gasteiger partial charge is 0.469 e. The third-order valence-corrected chi connectivity index (χ3v) is 2.35. The summed E-state index contributed by atoms with van der Waals surface area (Å²) in [5.41, 5.74) is 0. The number of methoxy groups -OCH3 is 1. The van der Waals surface area contributed by atoms with Gasteiger partial charge in [-0.05, 0) is 14.1 Å². The second kappa shape index (κ2) is 7.29. The van der Waals surface area contributed by atoms with Gasteiger partial charge in [-0.1, -0.05) is 0 Å². The van der Waals surface area contributed by atoms with Gasteiger partial charge in [-0.2, -0.15) is 0 Å². The lowest BCUT2D eigenvalue weighted by atomic mass is 10.0. The highest BCUT2D eigenvalue weighted by Gasteiger charge is 2.34. The second-order valence-electron chi connectivity index (χ2n) is 3.32. The van der Waals surface area contributed by atoms with Gasteiger partial charge in [0, 0.05) is 19.1 Å². The summed E-state index contributed by atoms with van der Waals surface area (Å²) in [6.45, 7) is 1.60. The molecule has 2 atom stereocenters. The third kappa shape index (κ3) is 3.61. The van der Waals surface area contributed by atoms with Crippen molar-refractivity contribution in [2.24, 2.45) is 5.92 Å². The Kier molecular flexibility index (Phi) is 8.54. The SMILES string of the molecule is COC(=O)[C@@H]1CNC[C@H]1N(C)C.Cl.Cl. The van der Waals surface area contributed by atoms with Crippen molar-refractivity contribution in [2.45, 2.75) is 6.04 Å². The molecule has 1 aliphatic heterocycles. The van der Waals surface area contributed by atoms with Crippen LogP contribution >= 0.6 is 24.8 Å². The van der Waals surface area contributed by atoms with Gasteiger partial charge in [-0.3, -0.25) is 4.79 Å². The number of likely N-dealkylation sites (N-methyl/N-ethyl adjacent to an activating group) is 1. The lowest BCUT2D eigenvalue weighted by Gasteiger charge is -2.22. The zero-order valence-corrected chi connectivity index (χ0v) is 10.3. The predicted octanol–water partition coefficient (Wildman–Crippen LogP) is 0.153. The number of nitrogens with one attached hydrogen (secondary N) is 1. The summed E-state index contributed by atoms with van der Waals surface area (Å²) >= 11 is 0. The van der Waals surface area contributed by atoms with E-state index in [0.29, 0.717) is 0 Å². The van der Waals surface area contributed by atoms with Gasteiger partial charge in [0.1, 0.15) is 0 Å². The summed E-state index contributed by atoms with van der Waals surface area (Å²) < 4.78 is 4.71. The molecule has 14 heavy (non-hydrogen) atoms. The summed E-state index contributed by atoms with van der Waals surface area (Å²) in [6, 6.07) is 0.275. The van der Waals surface area contributed by atoms with Crippen LogP contribution in [0.4, 0.5) is 0 Å². The van der Waals surface area contributed by atoms with Crippen LogP contribution in [0.15, 0.2) is 0 Å². The molecular formula is C8H18Cl2N2O2. The maximum atomic E-state index is 11.2. The fraction of sp³-hybridized carbons (Fsp3) is 0.875. The van der Waals surface area contributed by atoms with Gasteiger partial charge in [-0.25, -0.2) is 0 Å². The van der Waals surface area contributed by atoms with Crippen molar-refractivity contribution >= 4 is 30.8 Å². The van der Waals surface area contributed by atoms with Crippen LogP contribution in [0, 0.1) is 5.92 Å². The molecule has 1 aliphatic rings. The number of esters is 1. The average Bonchev–Trinajstić information content (AvgIpc) is 2.50. The van der Waals surface area contributed by atoms with Crippen LogP contribution in [0.1, 0.15) is 0 Å². The van der Waals surface area contributed by atoms with E-state index in [9.17, 15) is 4.79 Å². The van der Waals surface area contributed by atoms with E-state index in [1.54, 1.807) is 0 Å². The molecule has 6 heteroatoms. The number of hydrogen-bond acceptors (Lipinski definition) is 4. The van der Waals surface area contributed by atoms with Crippen LogP contribution in [-0.2, 0) is 9.53 Å². The summed E-state index contributed by atoms with van der Waals surface area (Å²) in [5, 5.41) is 3.18. The van der Waals surface area contributed by atoms with E-state index in [1.807, 2.05) is 14.1 Å². The molecule has 0 aromatic carbocycles. The Morgan fingerprint density at radius 2 is 1.93 bits per heavy atom. The molecule has 86 valence electrons. The van der Waals surface area contributed by atoms with Gasteiger partial charge < -0.3 is 15.0 Å². The molecule has 1 N–H and O–H groups in total. The van der Waals surface area contributed by atoms with Crippen LogP contribution in [0.25, 0.3) is 0 Å². The quantitative estimate of drug-likeness (QED) is 0.703. The van der Waals surface area contributed by atoms with Crippen LogP contribution < -0.4 is 5.32 Å². The van der Waals surface area contributed by atoms with Crippen LogP contribution in [0.5, 0.6) is 0 Å². The molecule has 0 unspecified atom stereocenters. The summed E-state index contributed by atoms with van der Waals surface area (Å²) in [7, 11) is 5.40. The van der Waals surface area contributed by atoms with Crippen molar-refractivity contribution in [3.05, 3.63) is 0 Å². The van der Waals surface area contributed by atoms with Gasteiger partial charge in [0.15, 0.2) is 0 Å². The number of ether oxygens (including phenoxy) is 1. The van der Waals surface area contributed by atoms with Crippen molar-refractivity contribution in [2.75, 3.05) is 34.3 Å². The van der Waals surface area contributed by atoms with Gasteiger partial charge in [0.2, 0.25) is 0 Å². The smallest absolute Gasteiger partial charge is 0.311 e. The van der Waals surface area contributed by atoms with Gasteiger partial charge in [0.05, 0.1) is 13.0 Å². The normalized spacial score (nSPS) is 25.1. The number of rotatable bonds is 2. The molecular weight excluding hydrogens is 227 g/mol. The molecule has 1 rings (SSSR count). The number of halogens is 2. The number of carbonyl (C=O) groups is 1. The van der Waals surface area contributed by atoms with Crippen molar-refractivity contribution in [1.29, 1.82) is 0 Å². The van der Waals surface area contributed by atoms with Gasteiger partial charge >= 0.3 is 5.97 Å². The zero-order valence-electron chi connectivity index (χ0n) is 8.65. The van der Waals surface area contributed by atoms with E-state index in [1.165, 1.54) is 7.11 Å². The Hall–Kier alpha value is -0.0300. The zero-order chi connectivity index (χ0) is 9.14. The first-order valence-corrected chi connectivity index (χ1v) is 4.11. The van der Waals surface area contributed by atoms with Crippen LogP contribution in [0.2, 0.25) is 0 Å². The van der Waals surface area contributed by atoms with Crippen LogP contribution in [0.3, 0.4) is 0 Å². The Morgan fingerprint density at radius 1 is 1.36 bits per heavy atom. The van der Waals surface area contributed by atoms with E-state index in [2.05, 4.69) is 10.2 Å². The maximum absolute atomic E-state index is 11.2. The van der Waals surface area contributed by atoms with Crippen molar-refractivity contribution in [1.82, 2.24) is 10.2 Å². The molecule has 0 aromatic rings. The first-order valence-electron chi connectivity index (χ1n) is 4.11. The molecule has 0 bridgehead atoms. The molecule has 0 aliphatic carbocycles. The molecule has 1 saturated heterocycles. The van der Waals surface area contributed by atoms with Crippen molar-refractivity contribution < 1.29 is 9.53 Å². The first kappa shape index (κ1) is 16.4. The summed E-state index contributed by atoms with van der Waals surface area (Å²) in [6.07, 6.45) is 0. The summed E-state index contributed by atoms with van der Waals surface area (Å²) in [4.78, 5) is 13.3.